The third-order valence-electron chi connectivity index (χ3n) is 3.68. The van der Waals surface area contributed by atoms with E-state index in [1.54, 1.807) is 0 Å². The topological polar surface area (TPSA) is 15.3 Å². The molecule has 1 heterocycles. The van der Waals surface area contributed by atoms with Gasteiger partial charge in [-0.2, -0.15) is 0 Å². The highest BCUT2D eigenvalue weighted by molar-refractivity contribution is 7.09. The summed E-state index contributed by atoms with van der Waals surface area (Å²) in [6.45, 7) is 5.66. The number of rotatable bonds is 6. The molecule has 0 spiro atoms. The second-order valence-corrected chi connectivity index (χ2v) is 6.16. The summed E-state index contributed by atoms with van der Waals surface area (Å²) < 4.78 is 0. The molecule has 1 saturated carbocycles. The fourth-order valence-corrected chi connectivity index (χ4v) is 3.70. The third kappa shape index (κ3) is 3.80. The van der Waals surface area contributed by atoms with Crippen molar-refractivity contribution in [2.75, 3.05) is 20.1 Å². The summed E-state index contributed by atoms with van der Waals surface area (Å²) in [7, 11) is 2.25. The molecule has 17 heavy (non-hydrogen) atoms. The first-order chi connectivity index (χ1) is 8.29. The zero-order valence-electron chi connectivity index (χ0n) is 11.0. The van der Waals surface area contributed by atoms with E-state index in [4.69, 9.17) is 0 Å². The Kier molecular flexibility index (Phi) is 5.01. The highest BCUT2D eigenvalue weighted by Gasteiger charge is 2.27. The van der Waals surface area contributed by atoms with E-state index in [0.717, 1.165) is 25.0 Å². The normalized spacial score (nSPS) is 24.6. The van der Waals surface area contributed by atoms with E-state index in [1.165, 1.54) is 30.7 Å². The molecule has 0 bridgehead atoms. The number of nitrogens with one attached hydrogen (secondary N) is 1. The third-order valence-corrected chi connectivity index (χ3v) is 4.54. The molecular weight excluding hydrogens is 228 g/mol. The molecule has 2 nitrogen and oxygen atoms in total. The van der Waals surface area contributed by atoms with Crippen molar-refractivity contribution >= 4 is 11.3 Å². The molecule has 0 saturated heterocycles. The Morgan fingerprint density at radius 2 is 2.35 bits per heavy atom. The average Bonchev–Trinajstić information content (AvgIpc) is 2.92. The molecule has 96 valence electrons. The van der Waals surface area contributed by atoms with Gasteiger partial charge in [0, 0.05) is 24.0 Å². The van der Waals surface area contributed by atoms with E-state index in [0.29, 0.717) is 0 Å². The van der Waals surface area contributed by atoms with Gasteiger partial charge in [0.15, 0.2) is 0 Å². The standard InChI is InChI=1S/C14H24N2S/c1-3-15-14-8-4-6-12(14)10-16(2)11-13-7-5-9-17-13/h5,7,9,12,14-15H,3-4,6,8,10-11H2,1-2H3. The number of hydrogen-bond donors (Lipinski definition) is 1. The molecule has 2 rings (SSSR count). The summed E-state index contributed by atoms with van der Waals surface area (Å²) in [5.41, 5.74) is 0. The van der Waals surface area contributed by atoms with Gasteiger partial charge < -0.3 is 10.2 Å². The fraction of sp³-hybridized carbons (Fsp3) is 0.714. The highest BCUT2D eigenvalue weighted by atomic mass is 32.1. The van der Waals surface area contributed by atoms with Crippen molar-refractivity contribution in [3.63, 3.8) is 0 Å². The molecule has 2 unspecified atom stereocenters. The fourth-order valence-electron chi connectivity index (χ4n) is 2.92. The van der Waals surface area contributed by atoms with Crippen LogP contribution in [0.1, 0.15) is 31.1 Å². The molecule has 0 aromatic carbocycles. The van der Waals surface area contributed by atoms with Crippen LogP contribution in [0.25, 0.3) is 0 Å². The van der Waals surface area contributed by atoms with Gasteiger partial charge in [0.25, 0.3) is 0 Å². The van der Waals surface area contributed by atoms with E-state index in [9.17, 15) is 0 Å². The van der Waals surface area contributed by atoms with Crippen molar-refractivity contribution in [3.8, 4) is 0 Å². The Morgan fingerprint density at radius 3 is 3.06 bits per heavy atom. The average molecular weight is 252 g/mol. The van der Waals surface area contributed by atoms with Crippen LogP contribution >= 0.6 is 11.3 Å². The van der Waals surface area contributed by atoms with Crippen LogP contribution in [0.3, 0.4) is 0 Å². The molecular formula is C14H24N2S. The Balaban J connectivity index is 1.79. The van der Waals surface area contributed by atoms with Crippen LogP contribution in [0, 0.1) is 5.92 Å². The van der Waals surface area contributed by atoms with Crippen molar-refractivity contribution in [3.05, 3.63) is 22.4 Å². The Hall–Kier alpha value is -0.380. The predicted molar refractivity (Wildman–Crippen MR) is 75.5 cm³/mol. The Labute approximate surface area is 109 Å². The summed E-state index contributed by atoms with van der Waals surface area (Å²) in [4.78, 5) is 3.96. The molecule has 1 aromatic rings. The second-order valence-electron chi connectivity index (χ2n) is 5.13. The smallest absolute Gasteiger partial charge is 0.0324 e. The van der Waals surface area contributed by atoms with Crippen LogP contribution in [0.15, 0.2) is 17.5 Å². The van der Waals surface area contributed by atoms with E-state index < -0.39 is 0 Å². The monoisotopic (exact) mass is 252 g/mol. The van der Waals surface area contributed by atoms with Gasteiger partial charge in [-0.15, -0.1) is 11.3 Å². The lowest BCUT2D eigenvalue weighted by molar-refractivity contribution is 0.247. The van der Waals surface area contributed by atoms with Gasteiger partial charge in [0.1, 0.15) is 0 Å². The Bertz CT molecular complexity index is 310. The van der Waals surface area contributed by atoms with Crippen molar-refractivity contribution in [2.45, 2.75) is 38.8 Å². The van der Waals surface area contributed by atoms with Crippen LogP contribution in [0.4, 0.5) is 0 Å². The van der Waals surface area contributed by atoms with Gasteiger partial charge in [-0.05, 0) is 43.8 Å². The second kappa shape index (κ2) is 6.53. The lowest BCUT2D eigenvalue weighted by Crippen LogP contribution is -2.37. The maximum Gasteiger partial charge on any atom is 0.0324 e. The lowest BCUT2D eigenvalue weighted by Gasteiger charge is -2.25. The first kappa shape index (κ1) is 13.1. The van der Waals surface area contributed by atoms with Crippen molar-refractivity contribution < 1.29 is 0 Å². The van der Waals surface area contributed by atoms with Gasteiger partial charge in [0.05, 0.1) is 0 Å². The number of thiophene rings is 1. The first-order valence-corrected chi connectivity index (χ1v) is 7.62. The van der Waals surface area contributed by atoms with Crippen LogP contribution in [0.5, 0.6) is 0 Å². The van der Waals surface area contributed by atoms with E-state index in [-0.39, 0.29) is 0 Å². The Morgan fingerprint density at radius 1 is 1.47 bits per heavy atom. The van der Waals surface area contributed by atoms with E-state index >= 15 is 0 Å². The number of nitrogens with zero attached hydrogens (tertiary/aromatic N) is 1. The van der Waals surface area contributed by atoms with Crippen molar-refractivity contribution in [1.82, 2.24) is 10.2 Å². The molecule has 1 aliphatic rings. The summed E-state index contributed by atoms with van der Waals surface area (Å²) in [6.07, 6.45) is 4.16. The molecule has 2 atom stereocenters. The quantitative estimate of drug-likeness (QED) is 0.837. The SMILES string of the molecule is CCNC1CCCC1CN(C)Cc1cccs1. The molecule has 0 amide bonds. The van der Waals surface area contributed by atoms with Crippen LogP contribution in [-0.4, -0.2) is 31.1 Å². The summed E-state index contributed by atoms with van der Waals surface area (Å²) in [6, 6.07) is 5.13. The van der Waals surface area contributed by atoms with Gasteiger partial charge in [0.2, 0.25) is 0 Å². The molecule has 3 heteroatoms. The molecule has 1 aromatic heterocycles. The zero-order chi connectivity index (χ0) is 12.1. The van der Waals surface area contributed by atoms with E-state index in [2.05, 4.69) is 41.7 Å². The minimum absolute atomic E-state index is 0.755. The minimum Gasteiger partial charge on any atom is -0.314 e. The molecule has 1 N–H and O–H groups in total. The van der Waals surface area contributed by atoms with Gasteiger partial charge >= 0.3 is 0 Å². The van der Waals surface area contributed by atoms with Gasteiger partial charge in [-0.3, -0.25) is 0 Å². The first-order valence-electron chi connectivity index (χ1n) is 6.74. The van der Waals surface area contributed by atoms with Gasteiger partial charge in [-0.25, -0.2) is 0 Å². The van der Waals surface area contributed by atoms with Crippen molar-refractivity contribution in [1.29, 1.82) is 0 Å². The summed E-state index contributed by atoms with van der Waals surface area (Å²) >= 11 is 1.86. The molecule has 1 fully saturated rings. The molecule has 0 aliphatic heterocycles. The van der Waals surface area contributed by atoms with E-state index in [1.807, 2.05) is 11.3 Å². The van der Waals surface area contributed by atoms with Crippen LogP contribution in [-0.2, 0) is 6.54 Å². The van der Waals surface area contributed by atoms with Crippen LogP contribution < -0.4 is 5.32 Å². The van der Waals surface area contributed by atoms with Crippen molar-refractivity contribution in [2.24, 2.45) is 5.92 Å². The molecule has 1 aliphatic carbocycles. The largest absolute Gasteiger partial charge is 0.314 e. The highest BCUT2D eigenvalue weighted by Crippen LogP contribution is 2.26. The summed E-state index contributed by atoms with van der Waals surface area (Å²) in [5.74, 6) is 0.847. The minimum atomic E-state index is 0.755. The summed E-state index contributed by atoms with van der Waals surface area (Å²) in [5, 5.41) is 5.80. The predicted octanol–water partition coefficient (Wildman–Crippen LogP) is 2.96. The maximum atomic E-state index is 3.63. The maximum absolute atomic E-state index is 3.63. The number of hydrogen-bond acceptors (Lipinski definition) is 3. The molecule has 0 radical (unpaired) electrons. The lowest BCUT2D eigenvalue weighted by atomic mass is 10.0. The van der Waals surface area contributed by atoms with Gasteiger partial charge in [-0.1, -0.05) is 19.4 Å². The zero-order valence-corrected chi connectivity index (χ0v) is 11.8. The van der Waals surface area contributed by atoms with Crippen LogP contribution in [0.2, 0.25) is 0 Å².